The summed E-state index contributed by atoms with van der Waals surface area (Å²) in [6.07, 6.45) is 1.75. The van der Waals surface area contributed by atoms with Gasteiger partial charge in [0, 0.05) is 0 Å². The van der Waals surface area contributed by atoms with Gasteiger partial charge in [0.25, 0.3) is 0 Å². The molecule has 0 saturated carbocycles. The van der Waals surface area contributed by atoms with Crippen molar-refractivity contribution in [3.8, 4) is 0 Å². The minimum absolute atomic E-state index is 0.902. The van der Waals surface area contributed by atoms with Crippen molar-refractivity contribution in [2.24, 2.45) is 5.10 Å². The smallest absolute Gasteiger partial charge is 0.137 e. The largest absolute Gasteiger partial charge is 0.278 e. The molecule has 0 aliphatic heterocycles. The molecule has 3 nitrogen and oxygen atoms in total. The fourth-order valence-corrected chi connectivity index (χ4v) is 2.46. The number of rotatable bonds is 3. The third-order valence-electron chi connectivity index (χ3n) is 2.45. The SMILES string of the molecule is C(=N\Nc1ccccc1)/c1nc2ccccc2s1. The molecule has 0 saturated heterocycles. The second-order valence-corrected chi connectivity index (χ2v) is 4.82. The Morgan fingerprint density at radius 3 is 2.61 bits per heavy atom. The summed E-state index contributed by atoms with van der Waals surface area (Å²) in [5.74, 6) is 0. The lowest BCUT2D eigenvalue weighted by Gasteiger charge is -1.96. The van der Waals surface area contributed by atoms with Gasteiger partial charge in [0.15, 0.2) is 0 Å². The first-order valence-electron chi connectivity index (χ1n) is 5.61. The van der Waals surface area contributed by atoms with E-state index in [1.54, 1.807) is 17.6 Å². The molecule has 0 radical (unpaired) electrons. The van der Waals surface area contributed by atoms with E-state index in [1.807, 2.05) is 48.5 Å². The molecule has 3 aromatic rings. The van der Waals surface area contributed by atoms with Crippen molar-refractivity contribution in [2.45, 2.75) is 0 Å². The molecule has 0 aliphatic carbocycles. The van der Waals surface area contributed by atoms with Crippen LogP contribution in [-0.4, -0.2) is 11.2 Å². The van der Waals surface area contributed by atoms with Gasteiger partial charge >= 0.3 is 0 Å². The van der Waals surface area contributed by atoms with Gasteiger partial charge in [-0.1, -0.05) is 30.3 Å². The zero-order chi connectivity index (χ0) is 12.2. The van der Waals surface area contributed by atoms with Gasteiger partial charge < -0.3 is 0 Å². The van der Waals surface area contributed by atoms with E-state index in [9.17, 15) is 0 Å². The van der Waals surface area contributed by atoms with E-state index in [-0.39, 0.29) is 0 Å². The van der Waals surface area contributed by atoms with Crippen molar-refractivity contribution >= 4 is 33.5 Å². The Morgan fingerprint density at radius 1 is 1.00 bits per heavy atom. The van der Waals surface area contributed by atoms with Crippen LogP contribution in [0.15, 0.2) is 59.7 Å². The maximum Gasteiger partial charge on any atom is 0.137 e. The molecule has 3 rings (SSSR count). The number of fused-ring (bicyclic) bond motifs is 1. The molecule has 0 atom stereocenters. The Labute approximate surface area is 109 Å². The van der Waals surface area contributed by atoms with Crippen LogP contribution in [0, 0.1) is 0 Å². The molecule has 0 aliphatic rings. The summed E-state index contributed by atoms with van der Waals surface area (Å²) < 4.78 is 1.18. The minimum atomic E-state index is 0.902. The van der Waals surface area contributed by atoms with E-state index in [1.165, 1.54) is 4.70 Å². The number of benzene rings is 2. The highest BCUT2D eigenvalue weighted by atomic mass is 32.1. The monoisotopic (exact) mass is 253 g/mol. The molecule has 18 heavy (non-hydrogen) atoms. The minimum Gasteiger partial charge on any atom is -0.278 e. The molecular formula is C14H11N3S. The van der Waals surface area contributed by atoms with Gasteiger partial charge in [-0.3, -0.25) is 5.43 Å². The molecule has 1 heterocycles. The summed E-state index contributed by atoms with van der Waals surface area (Å²) in [6, 6.07) is 17.9. The lowest BCUT2D eigenvalue weighted by molar-refractivity contribution is 1.34. The average molecular weight is 253 g/mol. The molecule has 1 N–H and O–H groups in total. The second kappa shape index (κ2) is 4.98. The number of hydrazone groups is 1. The first-order valence-corrected chi connectivity index (χ1v) is 6.43. The predicted octanol–water partition coefficient (Wildman–Crippen LogP) is 3.74. The number of thiazole rings is 1. The lowest BCUT2D eigenvalue weighted by Crippen LogP contribution is -1.89. The molecule has 2 aromatic carbocycles. The summed E-state index contributed by atoms with van der Waals surface area (Å²) in [4.78, 5) is 4.47. The van der Waals surface area contributed by atoms with Gasteiger partial charge in [-0.25, -0.2) is 4.98 Å². The molecule has 0 bridgehead atoms. The van der Waals surface area contributed by atoms with E-state index in [2.05, 4.69) is 21.6 Å². The topological polar surface area (TPSA) is 37.3 Å². The molecule has 88 valence electrons. The Hall–Kier alpha value is -2.20. The van der Waals surface area contributed by atoms with Crippen LogP contribution in [0.25, 0.3) is 10.2 Å². The normalized spacial score (nSPS) is 11.1. The van der Waals surface area contributed by atoms with Crippen LogP contribution in [-0.2, 0) is 0 Å². The van der Waals surface area contributed by atoms with Crippen molar-refractivity contribution in [1.82, 2.24) is 4.98 Å². The van der Waals surface area contributed by atoms with E-state index < -0.39 is 0 Å². The van der Waals surface area contributed by atoms with Crippen molar-refractivity contribution in [3.05, 3.63) is 59.6 Å². The highest BCUT2D eigenvalue weighted by molar-refractivity contribution is 7.20. The summed E-state index contributed by atoms with van der Waals surface area (Å²) in [5, 5.41) is 5.08. The zero-order valence-corrected chi connectivity index (χ0v) is 10.4. The van der Waals surface area contributed by atoms with Crippen molar-refractivity contribution in [1.29, 1.82) is 0 Å². The quantitative estimate of drug-likeness (QED) is 0.570. The summed E-state index contributed by atoms with van der Waals surface area (Å²) >= 11 is 1.63. The molecule has 0 unspecified atom stereocenters. The first-order chi connectivity index (χ1) is 8.92. The predicted molar refractivity (Wildman–Crippen MR) is 77.3 cm³/mol. The number of aromatic nitrogens is 1. The maximum absolute atomic E-state index is 4.47. The third-order valence-corrected chi connectivity index (χ3v) is 3.42. The summed E-state index contributed by atoms with van der Waals surface area (Å²) in [5.41, 5.74) is 4.96. The van der Waals surface area contributed by atoms with E-state index in [0.717, 1.165) is 16.2 Å². The maximum atomic E-state index is 4.47. The molecule has 4 heteroatoms. The fourth-order valence-electron chi connectivity index (χ4n) is 1.62. The van der Waals surface area contributed by atoms with Crippen LogP contribution in [0.4, 0.5) is 5.69 Å². The Balaban J connectivity index is 1.76. The number of hydrogen-bond acceptors (Lipinski definition) is 4. The van der Waals surface area contributed by atoms with Crippen LogP contribution < -0.4 is 5.43 Å². The number of anilines is 1. The van der Waals surface area contributed by atoms with Crippen LogP contribution in [0.1, 0.15) is 5.01 Å². The zero-order valence-electron chi connectivity index (χ0n) is 9.58. The highest BCUT2D eigenvalue weighted by Gasteiger charge is 1.99. The van der Waals surface area contributed by atoms with Gasteiger partial charge in [-0.15, -0.1) is 11.3 Å². The van der Waals surface area contributed by atoms with Gasteiger partial charge in [0.2, 0.25) is 0 Å². The fraction of sp³-hybridized carbons (Fsp3) is 0. The van der Waals surface area contributed by atoms with Crippen molar-refractivity contribution in [2.75, 3.05) is 5.43 Å². The van der Waals surface area contributed by atoms with Gasteiger partial charge in [0.1, 0.15) is 5.01 Å². The third kappa shape index (κ3) is 2.38. The lowest BCUT2D eigenvalue weighted by atomic mass is 10.3. The number of hydrogen-bond donors (Lipinski definition) is 1. The van der Waals surface area contributed by atoms with E-state index in [4.69, 9.17) is 0 Å². The van der Waals surface area contributed by atoms with Crippen LogP contribution in [0.2, 0.25) is 0 Å². The van der Waals surface area contributed by atoms with Crippen LogP contribution in [0.3, 0.4) is 0 Å². The van der Waals surface area contributed by atoms with Gasteiger partial charge in [-0.05, 0) is 24.3 Å². The standard InChI is InChI=1S/C14H11N3S/c1-2-6-11(7-3-1)17-15-10-14-16-12-8-4-5-9-13(12)18-14/h1-10,17H/b15-10+. The first kappa shape index (κ1) is 10.9. The van der Waals surface area contributed by atoms with E-state index in [0.29, 0.717) is 0 Å². The molecular weight excluding hydrogens is 242 g/mol. The van der Waals surface area contributed by atoms with Crippen LogP contribution in [0.5, 0.6) is 0 Å². The van der Waals surface area contributed by atoms with Gasteiger partial charge in [0.05, 0.1) is 22.1 Å². The molecule has 0 spiro atoms. The Morgan fingerprint density at radius 2 is 1.78 bits per heavy atom. The average Bonchev–Trinajstić information content (AvgIpc) is 2.82. The summed E-state index contributed by atoms with van der Waals surface area (Å²) in [6.45, 7) is 0. The van der Waals surface area contributed by atoms with Crippen molar-refractivity contribution in [3.63, 3.8) is 0 Å². The second-order valence-electron chi connectivity index (χ2n) is 3.76. The molecule has 1 aromatic heterocycles. The number of nitrogens with zero attached hydrogens (tertiary/aromatic N) is 2. The van der Waals surface area contributed by atoms with Crippen LogP contribution >= 0.6 is 11.3 Å². The Bertz CT molecular complexity index is 641. The molecule has 0 fully saturated rings. The number of para-hydroxylation sites is 2. The van der Waals surface area contributed by atoms with E-state index >= 15 is 0 Å². The Kier molecular flexibility index (Phi) is 3.02. The summed E-state index contributed by atoms with van der Waals surface area (Å²) in [7, 11) is 0. The number of nitrogens with one attached hydrogen (secondary N) is 1. The highest BCUT2D eigenvalue weighted by Crippen LogP contribution is 2.20. The van der Waals surface area contributed by atoms with Crippen molar-refractivity contribution < 1.29 is 0 Å². The molecule has 0 amide bonds. The van der Waals surface area contributed by atoms with Gasteiger partial charge in [-0.2, -0.15) is 5.10 Å².